The molecule has 0 radical (unpaired) electrons. The predicted octanol–water partition coefficient (Wildman–Crippen LogP) is 9.49. The maximum absolute atomic E-state index is 7.32. The zero-order valence-corrected chi connectivity index (χ0v) is 20.5. The lowest BCUT2D eigenvalue weighted by Crippen LogP contribution is -1.92. The molecule has 0 aliphatic carbocycles. The highest BCUT2D eigenvalue weighted by molar-refractivity contribution is 6.01. The van der Waals surface area contributed by atoms with Crippen LogP contribution < -0.4 is 0 Å². The van der Waals surface area contributed by atoms with Gasteiger partial charge in [-0.1, -0.05) is 97.1 Å². The Bertz CT molecular complexity index is 2030. The summed E-state index contributed by atoms with van der Waals surface area (Å²) in [6.45, 7) is 7.32. The summed E-state index contributed by atoms with van der Waals surface area (Å²) in [4.78, 5) is 13.1. The van der Waals surface area contributed by atoms with Crippen LogP contribution in [0.1, 0.15) is 0 Å². The van der Waals surface area contributed by atoms with Gasteiger partial charge in [-0.2, -0.15) is 0 Å². The molecule has 0 aliphatic heterocycles. The third-order valence-corrected chi connectivity index (χ3v) is 7.11. The summed E-state index contributed by atoms with van der Waals surface area (Å²) in [5.41, 5.74) is 7.15. The zero-order chi connectivity index (χ0) is 25.5. The van der Waals surface area contributed by atoms with Gasteiger partial charge >= 0.3 is 0 Å². The first-order valence-electron chi connectivity index (χ1n) is 12.5. The van der Waals surface area contributed by atoms with E-state index in [1.54, 1.807) is 0 Å². The van der Waals surface area contributed by atoms with Crippen molar-refractivity contribution in [2.24, 2.45) is 0 Å². The molecule has 0 saturated carbocycles. The van der Waals surface area contributed by atoms with E-state index in [-0.39, 0.29) is 0 Å². The van der Waals surface area contributed by atoms with Gasteiger partial charge in [0.1, 0.15) is 0 Å². The first-order chi connectivity index (χ1) is 18.8. The van der Waals surface area contributed by atoms with Crippen molar-refractivity contribution in [3.63, 3.8) is 0 Å². The number of hydrogen-bond donors (Lipinski definition) is 0. The fourth-order valence-electron chi connectivity index (χ4n) is 5.18. The van der Waals surface area contributed by atoms with Crippen LogP contribution in [0.5, 0.6) is 0 Å². The lowest BCUT2D eigenvalue weighted by molar-refractivity contribution is 1.23. The maximum Gasteiger partial charge on any atom is 0.187 e. The molecule has 1 heterocycles. The second kappa shape index (κ2) is 8.96. The van der Waals surface area contributed by atoms with Crippen LogP contribution in [0.2, 0.25) is 0 Å². The van der Waals surface area contributed by atoms with Crippen LogP contribution in [-0.4, -0.2) is 9.97 Å². The van der Waals surface area contributed by atoms with Gasteiger partial charge < -0.3 is 0 Å². The minimum Gasteiger partial charge on any atom is -0.238 e. The summed E-state index contributed by atoms with van der Waals surface area (Å²) < 4.78 is 0. The number of rotatable bonds is 3. The van der Waals surface area contributed by atoms with Crippen molar-refractivity contribution in [1.82, 2.24) is 9.97 Å². The summed E-state index contributed by atoms with van der Waals surface area (Å²) in [5, 5.41) is 5.68. The molecule has 1 aromatic heterocycles. The topological polar surface area (TPSA) is 30.1 Å². The summed E-state index contributed by atoms with van der Waals surface area (Å²) >= 11 is 0. The number of hydrogen-bond acceptors (Lipinski definition) is 2. The summed E-state index contributed by atoms with van der Waals surface area (Å²) in [6.07, 6.45) is 1.89. The van der Waals surface area contributed by atoms with Crippen LogP contribution in [0.4, 0.5) is 5.69 Å². The normalized spacial score (nSPS) is 11.1. The van der Waals surface area contributed by atoms with Gasteiger partial charge in [0.2, 0.25) is 0 Å². The molecular formula is C35H21N3. The van der Waals surface area contributed by atoms with Crippen molar-refractivity contribution in [3.05, 3.63) is 139 Å². The molecule has 0 N–H and O–H groups in total. The van der Waals surface area contributed by atoms with Crippen LogP contribution in [0.25, 0.3) is 70.9 Å². The van der Waals surface area contributed by atoms with Gasteiger partial charge in [0.05, 0.1) is 12.1 Å². The van der Waals surface area contributed by atoms with Crippen molar-refractivity contribution in [3.8, 4) is 33.6 Å². The monoisotopic (exact) mass is 483 g/mol. The molecule has 0 amide bonds. The SMILES string of the molecule is [C-]#[N+]c1ccc(-c2cc3ccccc3cc2-c2ccc3c(-c4ncc5ccccc5n4)cccc3c2)cc1. The molecule has 0 atom stereocenters. The molecule has 0 bridgehead atoms. The van der Waals surface area contributed by atoms with Gasteiger partial charge in [0.15, 0.2) is 11.5 Å². The maximum atomic E-state index is 7.32. The smallest absolute Gasteiger partial charge is 0.187 e. The van der Waals surface area contributed by atoms with Gasteiger partial charge in [0.25, 0.3) is 0 Å². The molecule has 7 rings (SSSR count). The van der Waals surface area contributed by atoms with Crippen molar-refractivity contribution < 1.29 is 0 Å². The quantitative estimate of drug-likeness (QED) is 0.234. The second-order valence-corrected chi connectivity index (χ2v) is 9.40. The Balaban J connectivity index is 1.40. The number of nitrogens with zero attached hydrogens (tertiary/aromatic N) is 3. The molecule has 176 valence electrons. The fraction of sp³-hybridized carbons (Fsp3) is 0. The highest BCUT2D eigenvalue weighted by atomic mass is 14.9. The minimum atomic E-state index is 0.644. The van der Waals surface area contributed by atoms with Crippen molar-refractivity contribution in [1.29, 1.82) is 0 Å². The molecule has 0 saturated heterocycles. The third kappa shape index (κ3) is 3.77. The summed E-state index contributed by atoms with van der Waals surface area (Å²) in [5.74, 6) is 0.730. The van der Waals surface area contributed by atoms with E-state index in [4.69, 9.17) is 11.6 Å². The number of para-hydroxylation sites is 1. The standard InChI is InChI=1S/C35H21N3/c1-36-29-16-13-23(14-17-29)32-20-24-7-2-3-8-25(24)21-33(32)27-15-18-30-26(19-27)10-6-11-31(30)35-37-22-28-9-4-5-12-34(28)38-35/h2-22H. The van der Waals surface area contributed by atoms with Gasteiger partial charge in [-0.15, -0.1) is 0 Å². The van der Waals surface area contributed by atoms with Crippen LogP contribution in [0, 0.1) is 6.57 Å². The molecule has 7 aromatic rings. The average Bonchev–Trinajstić information content (AvgIpc) is 2.99. The van der Waals surface area contributed by atoms with Crippen LogP contribution in [-0.2, 0) is 0 Å². The second-order valence-electron chi connectivity index (χ2n) is 9.40. The van der Waals surface area contributed by atoms with E-state index in [1.165, 1.54) is 10.8 Å². The fourth-order valence-corrected chi connectivity index (χ4v) is 5.18. The Morgan fingerprint density at radius 1 is 0.526 bits per heavy atom. The Morgan fingerprint density at radius 3 is 1.95 bits per heavy atom. The van der Waals surface area contributed by atoms with Crippen LogP contribution in [0.15, 0.2) is 128 Å². The van der Waals surface area contributed by atoms with Crippen molar-refractivity contribution in [2.75, 3.05) is 0 Å². The Morgan fingerprint density at radius 2 is 1.18 bits per heavy atom. The molecule has 38 heavy (non-hydrogen) atoms. The predicted molar refractivity (Wildman–Crippen MR) is 157 cm³/mol. The number of benzene rings is 6. The van der Waals surface area contributed by atoms with E-state index in [0.717, 1.165) is 55.3 Å². The Hall–Kier alpha value is -5.33. The van der Waals surface area contributed by atoms with E-state index in [0.29, 0.717) is 5.69 Å². The Kier molecular flexibility index (Phi) is 5.17. The molecule has 0 fully saturated rings. The van der Waals surface area contributed by atoms with Crippen molar-refractivity contribution in [2.45, 2.75) is 0 Å². The first kappa shape index (κ1) is 21.9. The van der Waals surface area contributed by atoms with Crippen LogP contribution >= 0.6 is 0 Å². The third-order valence-electron chi connectivity index (χ3n) is 7.11. The average molecular weight is 484 g/mol. The first-order valence-corrected chi connectivity index (χ1v) is 12.5. The highest BCUT2D eigenvalue weighted by Crippen LogP contribution is 2.38. The van der Waals surface area contributed by atoms with E-state index in [2.05, 4.69) is 82.6 Å². The van der Waals surface area contributed by atoms with Gasteiger partial charge in [0, 0.05) is 17.1 Å². The lowest BCUT2D eigenvalue weighted by Gasteiger charge is -2.14. The molecule has 3 nitrogen and oxygen atoms in total. The van der Waals surface area contributed by atoms with E-state index in [1.807, 2.05) is 54.7 Å². The van der Waals surface area contributed by atoms with Crippen molar-refractivity contribution >= 4 is 38.1 Å². The number of fused-ring (bicyclic) bond motifs is 3. The minimum absolute atomic E-state index is 0.644. The molecule has 0 unspecified atom stereocenters. The highest BCUT2D eigenvalue weighted by Gasteiger charge is 2.13. The summed E-state index contributed by atoms with van der Waals surface area (Å²) in [7, 11) is 0. The van der Waals surface area contributed by atoms with Gasteiger partial charge in [-0.05, 0) is 68.1 Å². The summed E-state index contributed by atoms with van der Waals surface area (Å²) in [6, 6.07) is 41.8. The van der Waals surface area contributed by atoms with E-state index >= 15 is 0 Å². The van der Waals surface area contributed by atoms with Gasteiger partial charge in [-0.3, -0.25) is 0 Å². The molecule has 3 heteroatoms. The van der Waals surface area contributed by atoms with Gasteiger partial charge in [-0.25, -0.2) is 14.8 Å². The Labute approximate surface area is 220 Å². The molecule has 0 spiro atoms. The van der Waals surface area contributed by atoms with Crippen LogP contribution in [0.3, 0.4) is 0 Å². The van der Waals surface area contributed by atoms with E-state index in [9.17, 15) is 0 Å². The lowest BCUT2D eigenvalue weighted by atomic mass is 9.90. The number of aromatic nitrogens is 2. The molecule has 0 aliphatic rings. The molecule has 6 aromatic carbocycles. The molecular weight excluding hydrogens is 462 g/mol. The largest absolute Gasteiger partial charge is 0.238 e. The van der Waals surface area contributed by atoms with E-state index < -0.39 is 0 Å². The zero-order valence-electron chi connectivity index (χ0n) is 20.5.